The van der Waals surface area contributed by atoms with E-state index in [1.165, 1.54) is 0 Å². The molecule has 0 radical (unpaired) electrons. The van der Waals surface area contributed by atoms with Gasteiger partial charge in [-0.05, 0) is 55.3 Å². The summed E-state index contributed by atoms with van der Waals surface area (Å²) in [6, 6.07) is 14.8. The Hall–Kier alpha value is -2.89. The minimum Gasteiger partial charge on any atom is -0.508 e. The molecule has 146 valence electrons. The summed E-state index contributed by atoms with van der Waals surface area (Å²) in [5.41, 5.74) is 1.07. The van der Waals surface area contributed by atoms with Crippen LogP contribution in [0.3, 0.4) is 0 Å². The normalized spacial score (nSPS) is 11.1. The first kappa shape index (κ1) is 20.4. The molecular weight excluding hydrogens is 342 g/mol. The highest BCUT2D eigenvalue weighted by Crippen LogP contribution is 2.16. The minimum absolute atomic E-state index is 0.288. The summed E-state index contributed by atoms with van der Waals surface area (Å²) in [6.07, 6.45) is 0.777. The quantitative estimate of drug-likeness (QED) is 0.524. The largest absolute Gasteiger partial charge is 0.508 e. The summed E-state index contributed by atoms with van der Waals surface area (Å²) in [7, 11) is 3.64. The van der Waals surface area contributed by atoms with Crippen molar-refractivity contribution in [2.24, 2.45) is 4.99 Å². The van der Waals surface area contributed by atoms with Gasteiger partial charge in [0.1, 0.15) is 23.9 Å². The molecule has 0 aliphatic heterocycles. The molecule has 2 aromatic rings. The monoisotopic (exact) mass is 371 g/mol. The molecule has 0 amide bonds. The molecule has 0 heterocycles. The molecule has 2 rings (SSSR count). The lowest BCUT2D eigenvalue weighted by atomic mass is 10.1. The third-order valence-corrected chi connectivity index (χ3v) is 4.02. The first-order valence-electron chi connectivity index (χ1n) is 9.16. The summed E-state index contributed by atoms with van der Waals surface area (Å²) in [5.74, 6) is 2.76. The summed E-state index contributed by atoms with van der Waals surface area (Å²) in [6.45, 7) is 4.76. The molecule has 0 unspecified atom stereocenters. The number of guanidine groups is 1. The highest BCUT2D eigenvalue weighted by Gasteiger charge is 2.06. The zero-order valence-corrected chi connectivity index (χ0v) is 16.3. The van der Waals surface area contributed by atoms with E-state index in [0.717, 1.165) is 36.0 Å². The van der Waals surface area contributed by atoms with Gasteiger partial charge in [0.25, 0.3) is 0 Å². The van der Waals surface area contributed by atoms with Crippen molar-refractivity contribution >= 4 is 5.96 Å². The second-order valence-electron chi connectivity index (χ2n) is 6.10. The van der Waals surface area contributed by atoms with E-state index in [9.17, 15) is 5.11 Å². The Kier molecular flexibility index (Phi) is 8.29. The molecule has 6 nitrogen and oxygen atoms in total. The number of aromatic hydroxyl groups is 1. The van der Waals surface area contributed by atoms with Crippen molar-refractivity contribution in [3.63, 3.8) is 0 Å². The van der Waals surface area contributed by atoms with Crippen LogP contribution < -0.4 is 14.8 Å². The Morgan fingerprint density at radius 3 is 2.56 bits per heavy atom. The van der Waals surface area contributed by atoms with Crippen LogP contribution in [0.5, 0.6) is 17.2 Å². The van der Waals surface area contributed by atoms with Gasteiger partial charge < -0.3 is 24.8 Å². The molecule has 0 saturated carbocycles. The number of rotatable bonds is 9. The van der Waals surface area contributed by atoms with E-state index in [1.54, 1.807) is 19.2 Å². The van der Waals surface area contributed by atoms with Crippen molar-refractivity contribution in [1.29, 1.82) is 0 Å². The third kappa shape index (κ3) is 7.09. The van der Waals surface area contributed by atoms with Gasteiger partial charge in [0, 0.05) is 20.1 Å². The SMILES string of the molecule is CCNC(=NCCc1cccc(O)c1)N(C)CCOc1ccc(OC)cc1. The zero-order chi connectivity index (χ0) is 19.5. The van der Waals surface area contributed by atoms with Gasteiger partial charge >= 0.3 is 0 Å². The maximum Gasteiger partial charge on any atom is 0.193 e. The topological polar surface area (TPSA) is 66.3 Å². The summed E-state index contributed by atoms with van der Waals surface area (Å²) < 4.78 is 10.9. The summed E-state index contributed by atoms with van der Waals surface area (Å²) in [5, 5.41) is 12.8. The minimum atomic E-state index is 0.288. The molecule has 0 atom stereocenters. The highest BCUT2D eigenvalue weighted by atomic mass is 16.5. The van der Waals surface area contributed by atoms with Crippen LogP contribution in [0.4, 0.5) is 0 Å². The predicted molar refractivity (Wildman–Crippen MR) is 109 cm³/mol. The number of benzene rings is 2. The number of aliphatic imine (C=N–C) groups is 1. The number of nitrogens with one attached hydrogen (secondary N) is 1. The number of methoxy groups -OCH3 is 1. The van der Waals surface area contributed by atoms with Gasteiger partial charge in [-0.1, -0.05) is 12.1 Å². The number of ether oxygens (including phenoxy) is 2. The van der Waals surface area contributed by atoms with Gasteiger partial charge in [-0.25, -0.2) is 0 Å². The first-order chi connectivity index (χ1) is 13.1. The fourth-order valence-corrected chi connectivity index (χ4v) is 2.55. The molecule has 0 aromatic heterocycles. The number of likely N-dealkylation sites (N-methyl/N-ethyl adjacent to an activating group) is 1. The predicted octanol–water partition coefficient (Wildman–Crippen LogP) is 2.92. The molecule has 0 bridgehead atoms. The van der Waals surface area contributed by atoms with E-state index < -0.39 is 0 Å². The van der Waals surface area contributed by atoms with Gasteiger partial charge in [-0.15, -0.1) is 0 Å². The van der Waals surface area contributed by atoms with E-state index in [1.807, 2.05) is 50.4 Å². The Labute approximate surface area is 161 Å². The lowest BCUT2D eigenvalue weighted by Crippen LogP contribution is -2.41. The third-order valence-electron chi connectivity index (χ3n) is 4.02. The molecule has 2 aromatic carbocycles. The van der Waals surface area contributed by atoms with E-state index >= 15 is 0 Å². The van der Waals surface area contributed by atoms with E-state index in [4.69, 9.17) is 9.47 Å². The molecule has 6 heteroatoms. The summed E-state index contributed by atoms with van der Waals surface area (Å²) >= 11 is 0. The van der Waals surface area contributed by atoms with Crippen molar-refractivity contribution in [3.05, 3.63) is 54.1 Å². The van der Waals surface area contributed by atoms with Crippen LogP contribution in [0, 0.1) is 0 Å². The fourth-order valence-electron chi connectivity index (χ4n) is 2.55. The van der Waals surface area contributed by atoms with Gasteiger partial charge in [-0.2, -0.15) is 0 Å². The molecule has 0 spiro atoms. The van der Waals surface area contributed by atoms with E-state index in [-0.39, 0.29) is 5.75 Å². The zero-order valence-electron chi connectivity index (χ0n) is 16.3. The number of phenolic OH excluding ortho intramolecular Hbond substituents is 1. The Morgan fingerprint density at radius 2 is 1.89 bits per heavy atom. The Balaban J connectivity index is 1.82. The maximum absolute atomic E-state index is 9.54. The van der Waals surface area contributed by atoms with Crippen LogP contribution in [0.15, 0.2) is 53.5 Å². The average molecular weight is 371 g/mol. The summed E-state index contributed by atoms with van der Waals surface area (Å²) in [4.78, 5) is 6.72. The van der Waals surface area contributed by atoms with Crippen molar-refractivity contribution in [2.75, 3.05) is 40.4 Å². The maximum atomic E-state index is 9.54. The highest BCUT2D eigenvalue weighted by molar-refractivity contribution is 5.79. The number of hydrogen-bond donors (Lipinski definition) is 2. The van der Waals surface area contributed by atoms with Gasteiger partial charge in [0.05, 0.1) is 13.7 Å². The smallest absolute Gasteiger partial charge is 0.193 e. The first-order valence-corrected chi connectivity index (χ1v) is 9.16. The molecular formula is C21H29N3O3. The Morgan fingerprint density at radius 1 is 1.15 bits per heavy atom. The van der Waals surface area contributed by atoms with Crippen LogP contribution >= 0.6 is 0 Å². The van der Waals surface area contributed by atoms with Gasteiger partial charge in [0.15, 0.2) is 5.96 Å². The molecule has 27 heavy (non-hydrogen) atoms. The number of nitrogens with zero attached hydrogens (tertiary/aromatic N) is 2. The van der Waals surface area contributed by atoms with Gasteiger partial charge in [-0.3, -0.25) is 4.99 Å². The lowest BCUT2D eigenvalue weighted by molar-refractivity contribution is 0.281. The van der Waals surface area contributed by atoms with Gasteiger partial charge in [0.2, 0.25) is 0 Å². The number of phenols is 1. The Bertz CT molecular complexity index is 717. The fraction of sp³-hybridized carbons (Fsp3) is 0.381. The van der Waals surface area contributed by atoms with Crippen LogP contribution in [-0.2, 0) is 6.42 Å². The second kappa shape index (κ2) is 11.0. The molecule has 2 N–H and O–H groups in total. The van der Waals surface area contributed by atoms with E-state index in [2.05, 4.69) is 15.2 Å². The second-order valence-corrected chi connectivity index (χ2v) is 6.10. The van der Waals surface area contributed by atoms with Crippen LogP contribution in [0.25, 0.3) is 0 Å². The molecule has 0 aliphatic rings. The van der Waals surface area contributed by atoms with Crippen molar-refractivity contribution in [1.82, 2.24) is 10.2 Å². The van der Waals surface area contributed by atoms with Crippen molar-refractivity contribution in [2.45, 2.75) is 13.3 Å². The van der Waals surface area contributed by atoms with E-state index in [0.29, 0.717) is 19.7 Å². The standard InChI is InChI=1S/C21H29N3O3/c1-4-22-21(23-13-12-17-6-5-7-18(25)16-17)24(2)14-15-27-20-10-8-19(26-3)9-11-20/h5-11,16,25H,4,12-15H2,1-3H3,(H,22,23). The molecule has 0 fully saturated rings. The number of hydrogen-bond acceptors (Lipinski definition) is 4. The van der Waals surface area contributed by atoms with Crippen molar-refractivity contribution in [3.8, 4) is 17.2 Å². The van der Waals surface area contributed by atoms with Crippen LogP contribution in [0.2, 0.25) is 0 Å². The van der Waals surface area contributed by atoms with Crippen LogP contribution in [-0.4, -0.2) is 56.4 Å². The lowest BCUT2D eigenvalue weighted by Gasteiger charge is -2.22. The van der Waals surface area contributed by atoms with Crippen molar-refractivity contribution < 1.29 is 14.6 Å². The molecule has 0 aliphatic carbocycles. The van der Waals surface area contributed by atoms with Crippen LogP contribution in [0.1, 0.15) is 12.5 Å². The average Bonchev–Trinajstić information content (AvgIpc) is 2.68. The molecule has 0 saturated heterocycles.